The summed E-state index contributed by atoms with van der Waals surface area (Å²) in [7, 11) is 0. The van der Waals surface area contributed by atoms with Gasteiger partial charge in [0.1, 0.15) is 11.9 Å². The van der Waals surface area contributed by atoms with Crippen LogP contribution in [0.4, 0.5) is 4.39 Å². The first-order valence-corrected chi connectivity index (χ1v) is 8.47. The molecule has 3 amide bonds. The summed E-state index contributed by atoms with van der Waals surface area (Å²) in [5.41, 5.74) is 4.42. The molecule has 0 fully saturated rings. The fraction of sp³-hybridized carbons (Fsp3) is 0.235. The van der Waals surface area contributed by atoms with E-state index < -0.39 is 29.6 Å². The van der Waals surface area contributed by atoms with E-state index in [2.05, 4.69) is 16.2 Å². The summed E-state index contributed by atoms with van der Waals surface area (Å²) in [5, 5.41) is 4.23. The predicted molar refractivity (Wildman–Crippen MR) is 92.4 cm³/mol. The van der Waals surface area contributed by atoms with E-state index >= 15 is 0 Å². The van der Waals surface area contributed by atoms with E-state index in [1.165, 1.54) is 35.6 Å². The van der Waals surface area contributed by atoms with Crippen LogP contribution in [0.5, 0.6) is 0 Å². The Hall–Kier alpha value is -2.74. The Balaban J connectivity index is 2.00. The van der Waals surface area contributed by atoms with Crippen LogP contribution in [0.25, 0.3) is 0 Å². The minimum Gasteiger partial charge on any atom is -0.340 e. The first kappa shape index (κ1) is 18.6. The highest BCUT2D eigenvalue weighted by Gasteiger charge is 2.26. The quantitative estimate of drug-likeness (QED) is 0.711. The lowest BCUT2D eigenvalue weighted by molar-refractivity contribution is -0.124. The molecule has 3 N–H and O–H groups in total. The summed E-state index contributed by atoms with van der Waals surface area (Å²) >= 11 is 1.23. The Morgan fingerprint density at radius 1 is 1.00 bits per heavy atom. The lowest BCUT2D eigenvalue weighted by Crippen LogP contribution is -2.54. The molecule has 2 rings (SSSR count). The molecule has 0 radical (unpaired) electrons. The zero-order chi connectivity index (χ0) is 18.4. The van der Waals surface area contributed by atoms with Gasteiger partial charge in [-0.25, -0.2) is 4.39 Å². The van der Waals surface area contributed by atoms with Gasteiger partial charge in [-0.1, -0.05) is 32.0 Å². The molecule has 1 heterocycles. The Bertz CT molecular complexity index is 762. The highest BCUT2D eigenvalue weighted by Crippen LogP contribution is 2.09. The van der Waals surface area contributed by atoms with Crippen LogP contribution in [0.3, 0.4) is 0 Å². The number of thiophene rings is 1. The first-order chi connectivity index (χ1) is 11.9. The van der Waals surface area contributed by atoms with Gasteiger partial charge in [0.2, 0.25) is 0 Å². The van der Waals surface area contributed by atoms with Crippen molar-refractivity contribution in [1.82, 2.24) is 16.2 Å². The maximum Gasteiger partial charge on any atom is 0.279 e. The molecule has 0 saturated heterocycles. The van der Waals surface area contributed by atoms with Crippen molar-refractivity contribution in [2.24, 2.45) is 5.92 Å². The summed E-state index contributed by atoms with van der Waals surface area (Å²) in [6, 6.07) is 7.90. The monoisotopic (exact) mass is 363 g/mol. The van der Waals surface area contributed by atoms with Crippen LogP contribution < -0.4 is 16.2 Å². The third kappa shape index (κ3) is 4.87. The standard InChI is InChI=1S/C17H18FN3O3S/c1-10(2)14(19-15(22)11-6-3-4-7-12(11)18)17(24)21-20-16(23)13-8-5-9-25-13/h3-10,14H,1-2H3,(H,19,22)(H,20,23)(H,21,24)/t14-/m0/s1. The van der Waals surface area contributed by atoms with Gasteiger partial charge in [-0.15, -0.1) is 11.3 Å². The van der Waals surface area contributed by atoms with Crippen molar-refractivity contribution < 1.29 is 18.8 Å². The molecule has 25 heavy (non-hydrogen) atoms. The molecule has 0 saturated carbocycles. The number of halogens is 1. The van der Waals surface area contributed by atoms with Crippen molar-refractivity contribution >= 4 is 29.1 Å². The summed E-state index contributed by atoms with van der Waals surface area (Å²) < 4.78 is 13.7. The second-order valence-corrected chi connectivity index (χ2v) is 6.54. The van der Waals surface area contributed by atoms with Crippen LogP contribution in [-0.2, 0) is 4.79 Å². The Morgan fingerprint density at radius 3 is 2.32 bits per heavy atom. The van der Waals surface area contributed by atoms with Crippen molar-refractivity contribution in [3.8, 4) is 0 Å². The second kappa shape index (κ2) is 8.39. The van der Waals surface area contributed by atoms with E-state index in [0.717, 1.165) is 0 Å². The number of benzene rings is 1. The number of carbonyl (C=O) groups excluding carboxylic acids is 3. The lowest BCUT2D eigenvalue weighted by atomic mass is 10.0. The van der Waals surface area contributed by atoms with Crippen molar-refractivity contribution in [3.05, 3.63) is 58.0 Å². The van der Waals surface area contributed by atoms with Gasteiger partial charge in [-0.3, -0.25) is 25.2 Å². The third-order valence-electron chi connectivity index (χ3n) is 3.40. The van der Waals surface area contributed by atoms with Gasteiger partial charge in [0, 0.05) is 0 Å². The number of hydrogen-bond donors (Lipinski definition) is 3. The van der Waals surface area contributed by atoms with Crippen LogP contribution in [0.15, 0.2) is 41.8 Å². The molecule has 0 aliphatic carbocycles. The Kier molecular flexibility index (Phi) is 6.24. The Morgan fingerprint density at radius 2 is 1.72 bits per heavy atom. The molecule has 0 unspecified atom stereocenters. The molecule has 1 aromatic heterocycles. The summed E-state index contributed by atoms with van der Waals surface area (Å²) in [6.07, 6.45) is 0. The van der Waals surface area contributed by atoms with E-state index in [1.807, 2.05) is 0 Å². The minimum absolute atomic E-state index is 0.149. The van der Waals surface area contributed by atoms with Crippen LogP contribution >= 0.6 is 11.3 Å². The van der Waals surface area contributed by atoms with Crippen molar-refractivity contribution in [3.63, 3.8) is 0 Å². The van der Waals surface area contributed by atoms with Crippen molar-refractivity contribution in [1.29, 1.82) is 0 Å². The topological polar surface area (TPSA) is 87.3 Å². The largest absolute Gasteiger partial charge is 0.340 e. The van der Waals surface area contributed by atoms with Crippen LogP contribution in [0, 0.1) is 11.7 Å². The smallest absolute Gasteiger partial charge is 0.279 e. The number of rotatable bonds is 5. The Labute approximate surface area is 148 Å². The van der Waals surface area contributed by atoms with Crippen LogP contribution in [0.2, 0.25) is 0 Å². The second-order valence-electron chi connectivity index (χ2n) is 5.60. The average Bonchev–Trinajstić information content (AvgIpc) is 3.11. The summed E-state index contributed by atoms with van der Waals surface area (Å²) in [5.74, 6) is -2.68. The molecule has 2 aromatic rings. The van der Waals surface area contributed by atoms with E-state index in [4.69, 9.17) is 0 Å². The molecule has 0 aliphatic rings. The molecule has 1 atom stereocenters. The molecule has 1 aromatic carbocycles. The van der Waals surface area contributed by atoms with Gasteiger partial charge >= 0.3 is 0 Å². The predicted octanol–water partition coefficient (Wildman–Crippen LogP) is 2.10. The number of hydrogen-bond acceptors (Lipinski definition) is 4. The number of carbonyl (C=O) groups is 3. The van der Waals surface area contributed by atoms with Gasteiger partial charge in [0.25, 0.3) is 17.7 Å². The summed E-state index contributed by atoms with van der Waals surface area (Å²) in [6.45, 7) is 3.46. The van der Waals surface area contributed by atoms with Gasteiger partial charge in [-0.05, 0) is 29.5 Å². The minimum atomic E-state index is -0.934. The maximum absolute atomic E-state index is 13.7. The number of nitrogens with one attached hydrogen (secondary N) is 3. The highest BCUT2D eigenvalue weighted by molar-refractivity contribution is 7.12. The van der Waals surface area contributed by atoms with E-state index in [1.54, 1.807) is 31.4 Å². The van der Waals surface area contributed by atoms with Gasteiger partial charge in [0.05, 0.1) is 10.4 Å². The van der Waals surface area contributed by atoms with Gasteiger partial charge < -0.3 is 5.32 Å². The fourth-order valence-corrected chi connectivity index (χ4v) is 2.68. The number of hydrazine groups is 1. The van der Waals surface area contributed by atoms with Crippen molar-refractivity contribution in [2.75, 3.05) is 0 Å². The molecule has 8 heteroatoms. The molecular formula is C17H18FN3O3S. The zero-order valence-corrected chi connectivity index (χ0v) is 14.5. The molecular weight excluding hydrogens is 345 g/mol. The maximum atomic E-state index is 13.7. The lowest BCUT2D eigenvalue weighted by Gasteiger charge is -2.21. The van der Waals surface area contributed by atoms with Crippen LogP contribution in [0.1, 0.15) is 33.9 Å². The molecule has 0 aliphatic heterocycles. The molecule has 132 valence electrons. The first-order valence-electron chi connectivity index (χ1n) is 7.59. The molecule has 0 bridgehead atoms. The van der Waals surface area contributed by atoms with Crippen molar-refractivity contribution in [2.45, 2.75) is 19.9 Å². The third-order valence-corrected chi connectivity index (χ3v) is 4.27. The van der Waals surface area contributed by atoms with Gasteiger partial charge in [-0.2, -0.15) is 0 Å². The fourth-order valence-electron chi connectivity index (χ4n) is 2.06. The normalized spacial score (nSPS) is 11.7. The van der Waals surface area contributed by atoms with E-state index in [-0.39, 0.29) is 11.5 Å². The average molecular weight is 363 g/mol. The summed E-state index contributed by atoms with van der Waals surface area (Å²) in [4.78, 5) is 36.8. The van der Waals surface area contributed by atoms with Gasteiger partial charge in [0.15, 0.2) is 0 Å². The molecule has 6 nitrogen and oxygen atoms in total. The van der Waals surface area contributed by atoms with Crippen LogP contribution in [-0.4, -0.2) is 23.8 Å². The van der Waals surface area contributed by atoms with E-state index in [9.17, 15) is 18.8 Å². The highest BCUT2D eigenvalue weighted by atomic mass is 32.1. The van der Waals surface area contributed by atoms with E-state index in [0.29, 0.717) is 4.88 Å². The zero-order valence-electron chi connectivity index (χ0n) is 13.7. The SMILES string of the molecule is CC(C)[C@H](NC(=O)c1ccccc1F)C(=O)NNC(=O)c1cccs1. The molecule has 0 spiro atoms. The number of amides is 3.